The molecule has 1 aliphatic carbocycles. The maximum atomic E-state index is 12.3. The number of aromatic nitrogens is 2. The number of carbonyl (C=O) groups is 1. The van der Waals surface area contributed by atoms with E-state index < -0.39 is 0 Å². The first-order valence-electron chi connectivity index (χ1n) is 8.46. The van der Waals surface area contributed by atoms with Crippen LogP contribution in [0.4, 0.5) is 0 Å². The van der Waals surface area contributed by atoms with E-state index >= 15 is 0 Å². The number of amides is 1. The quantitative estimate of drug-likeness (QED) is 0.908. The van der Waals surface area contributed by atoms with E-state index in [1.807, 2.05) is 13.8 Å². The van der Waals surface area contributed by atoms with E-state index in [1.165, 1.54) is 4.68 Å². The molecule has 6 nitrogen and oxygen atoms in total. The molecule has 1 fully saturated rings. The summed E-state index contributed by atoms with van der Waals surface area (Å²) in [6.45, 7) is 4.70. The van der Waals surface area contributed by atoms with Crippen molar-refractivity contribution in [2.75, 3.05) is 6.61 Å². The van der Waals surface area contributed by atoms with Crippen LogP contribution in [0.5, 0.6) is 0 Å². The van der Waals surface area contributed by atoms with Crippen molar-refractivity contribution in [1.82, 2.24) is 15.1 Å². The van der Waals surface area contributed by atoms with Crippen LogP contribution in [0.3, 0.4) is 0 Å². The largest absolute Gasteiger partial charge is 0.375 e. The average molecular weight is 319 g/mol. The summed E-state index contributed by atoms with van der Waals surface area (Å²) in [5.74, 6) is -0.155. The number of aryl methyl sites for hydroxylation is 2. The third kappa shape index (κ3) is 3.99. The van der Waals surface area contributed by atoms with Crippen molar-refractivity contribution in [3.63, 3.8) is 0 Å². The van der Waals surface area contributed by atoms with Crippen LogP contribution in [-0.2, 0) is 28.9 Å². The minimum absolute atomic E-state index is 0.0100. The fourth-order valence-electron chi connectivity index (χ4n) is 3.48. The van der Waals surface area contributed by atoms with Gasteiger partial charge in [0.05, 0.1) is 11.3 Å². The first-order valence-corrected chi connectivity index (χ1v) is 8.46. The Hall–Kier alpha value is -1.69. The lowest BCUT2D eigenvalue weighted by molar-refractivity contribution is -0.124. The van der Waals surface area contributed by atoms with Crippen LogP contribution in [0.2, 0.25) is 0 Å². The van der Waals surface area contributed by atoms with Crippen molar-refractivity contribution < 1.29 is 9.53 Å². The molecule has 3 rings (SSSR count). The molecular formula is C17H25N3O3. The summed E-state index contributed by atoms with van der Waals surface area (Å²) in [5, 5.41) is 7.40. The van der Waals surface area contributed by atoms with Gasteiger partial charge in [0, 0.05) is 18.7 Å². The molecule has 1 saturated heterocycles. The molecule has 1 unspecified atom stereocenters. The normalized spacial score (nSPS) is 23.1. The summed E-state index contributed by atoms with van der Waals surface area (Å²) >= 11 is 0. The van der Waals surface area contributed by atoms with E-state index in [0.29, 0.717) is 6.61 Å². The molecule has 1 aliphatic heterocycles. The molecule has 0 spiro atoms. The van der Waals surface area contributed by atoms with E-state index in [0.717, 1.165) is 49.8 Å². The van der Waals surface area contributed by atoms with Gasteiger partial charge in [0.1, 0.15) is 6.54 Å². The molecule has 1 aromatic rings. The summed E-state index contributed by atoms with van der Waals surface area (Å²) in [6.07, 6.45) is 5.61. The van der Waals surface area contributed by atoms with Crippen LogP contribution in [0.1, 0.15) is 50.8 Å². The molecule has 0 aromatic carbocycles. The standard InChI is InChI=1S/C17H25N3O3/c1-17(2)10-13(7-8-23-17)18-15(21)11-20-16(22)9-12-5-3-4-6-14(12)19-20/h9,13H,3-8,10-11H2,1-2H3,(H,18,21). The number of hydrogen-bond donors (Lipinski definition) is 1. The van der Waals surface area contributed by atoms with E-state index in [1.54, 1.807) is 6.07 Å². The van der Waals surface area contributed by atoms with Crippen LogP contribution in [0.15, 0.2) is 10.9 Å². The van der Waals surface area contributed by atoms with Gasteiger partial charge in [-0.3, -0.25) is 9.59 Å². The lowest BCUT2D eigenvalue weighted by atomic mass is 9.94. The maximum absolute atomic E-state index is 12.3. The van der Waals surface area contributed by atoms with Crippen molar-refractivity contribution >= 4 is 5.91 Å². The fourth-order valence-corrected chi connectivity index (χ4v) is 3.48. The minimum Gasteiger partial charge on any atom is -0.375 e. The number of ether oxygens (including phenoxy) is 1. The summed E-state index contributed by atoms with van der Waals surface area (Å²) in [6, 6.07) is 1.74. The van der Waals surface area contributed by atoms with Gasteiger partial charge in [-0.25, -0.2) is 4.68 Å². The maximum Gasteiger partial charge on any atom is 0.267 e. The first kappa shape index (κ1) is 16.2. The number of nitrogens with zero attached hydrogens (tertiary/aromatic N) is 2. The molecular weight excluding hydrogens is 294 g/mol. The van der Waals surface area contributed by atoms with Gasteiger partial charge >= 0.3 is 0 Å². The average Bonchev–Trinajstić information content (AvgIpc) is 2.47. The molecule has 126 valence electrons. The van der Waals surface area contributed by atoms with E-state index in [2.05, 4.69) is 10.4 Å². The third-order valence-corrected chi connectivity index (χ3v) is 4.63. The second kappa shape index (κ2) is 6.43. The van der Waals surface area contributed by atoms with Crippen molar-refractivity contribution in [3.8, 4) is 0 Å². The Morgan fingerprint density at radius 2 is 2.22 bits per heavy atom. The Morgan fingerprint density at radius 1 is 1.43 bits per heavy atom. The predicted molar refractivity (Wildman–Crippen MR) is 86.3 cm³/mol. The zero-order valence-corrected chi connectivity index (χ0v) is 13.9. The van der Waals surface area contributed by atoms with Crippen LogP contribution in [0.25, 0.3) is 0 Å². The van der Waals surface area contributed by atoms with Gasteiger partial charge in [-0.1, -0.05) is 0 Å². The molecule has 6 heteroatoms. The summed E-state index contributed by atoms with van der Waals surface area (Å²) in [4.78, 5) is 24.4. The Bertz CT molecular complexity index is 651. The summed E-state index contributed by atoms with van der Waals surface area (Å²) < 4.78 is 6.95. The van der Waals surface area contributed by atoms with Gasteiger partial charge in [-0.15, -0.1) is 0 Å². The van der Waals surface area contributed by atoms with Gasteiger partial charge < -0.3 is 10.1 Å². The second-order valence-electron chi connectivity index (χ2n) is 7.18. The monoisotopic (exact) mass is 319 g/mol. The van der Waals surface area contributed by atoms with Crippen LogP contribution < -0.4 is 10.9 Å². The molecule has 1 aromatic heterocycles. The Kier molecular flexibility index (Phi) is 4.53. The molecule has 2 aliphatic rings. The highest BCUT2D eigenvalue weighted by atomic mass is 16.5. The highest BCUT2D eigenvalue weighted by Gasteiger charge is 2.29. The van der Waals surface area contributed by atoms with Gasteiger partial charge in [-0.05, 0) is 57.9 Å². The smallest absolute Gasteiger partial charge is 0.267 e. The Morgan fingerprint density at radius 3 is 3.00 bits per heavy atom. The zero-order valence-electron chi connectivity index (χ0n) is 13.9. The van der Waals surface area contributed by atoms with Crippen LogP contribution in [0, 0.1) is 0 Å². The third-order valence-electron chi connectivity index (χ3n) is 4.63. The number of hydrogen-bond acceptors (Lipinski definition) is 4. The molecule has 0 radical (unpaired) electrons. The van der Waals surface area contributed by atoms with E-state index in [-0.39, 0.29) is 29.7 Å². The number of fused-ring (bicyclic) bond motifs is 1. The van der Waals surface area contributed by atoms with Crippen molar-refractivity contribution in [1.29, 1.82) is 0 Å². The summed E-state index contributed by atoms with van der Waals surface area (Å²) in [5.41, 5.74) is 1.62. The molecule has 1 atom stereocenters. The first-order chi connectivity index (χ1) is 10.9. The lowest BCUT2D eigenvalue weighted by Crippen LogP contribution is -2.47. The summed E-state index contributed by atoms with van der Waals surface area (Å²) in [7, 11) is 0. The van der Waals surface area contributed by atoms with Crippen LogP contribution >= 0.6 is 0 Å². The molecule has 0 saturated carbocycles. The molecule has 2 heterocycles. The van der Waals surface area contributed by atoms with Crippen molar-refractivity contribution in [2.45, 2.75) is 70.6 Å². The lowest BCUT2D eigenvalue weighted by Gasteiger charge is -2.35. The SMILES string of the molecule is CC1(C)CC(NC(=O)Cn2nc3c(cc2=O)CCCC3)CCO1. The molecule has 0 bridgehead atoms. The van der Waals surface area contributed by atoms with Crippen molar-refractivity contribution in [3.05, 3.63) is 27.7 Å². The Balaban J connectivity index is 1.65. The number of nitrogens with one attached hydrogen (secondary N) is 1. The zero-order chi connectivity index (χ0) is 16.4. The second-order valence-corrected chi connectivity index (χ2v) is 7.18. The van der Waals surface area contributed by atoms with Gasteiger partial charge in [0.25, 0.3) is 5.56 Å². The van der Waals surface area contributed by atoms with E-state index in [4.69, 9.17) is 4.74 Å². The molecule has 1 amide bonds. The highest BCUT2D eigenvalue weighted by Crippen LogP contribution is 2.23. The highest BCUT2D eigenvalue weighted by molar-refractivity contribution is 5.75. The Labute approximate surface area is 136 Å². The van der Waals surface area contributed by atoms with Gasteiger partial charge in [0.15, 0.2) is 0 Å². The van der Waals surface area contributed by atoms with Crippen molar-refractivity contribution in [2.24, 2.45) is 0 Å². The minimum atomic E-state index is -0.211. The van der Waals surface area contributed by atoms with E-state index in [9.17, 15) is 9.59 Å². The predicted octanol–water partition coefficient (Wildman–Crippen LogP) is 1.20. The topological polar surface area (TPSA) is 73.2 Å². The molecule has 23 heavy (non-hydrogen) atoms. The van der Waals surface area contributed by atoms with Gasteiger partial charge in [0.2, 0.25) is 5.91 Å². The number of rotatable bonds is 3. The molecule has 1 N–H and O–H groups in total. The fraction of sp³-hybridized carbons (Fsp3) is 0.706. The number of carbonyl (C=O) groups excluding carboxylic acids is 1. The van der Waals surface area contributed by atoms with Crippen LogP contribution in [-0.4, -0.2) is 33.9 Å². The van der Waals surface area contributed by atoms with Gasteiger partial charge in [-0.2, -0.15) is 5.10 Å².